The number of nitrogens with one attached hydrogen (secondary N) is 1. The highest BCUT2D eigenvalue weighted by molar-refractivity contribution is 6.02. The third-order valence-corrected chi connectivity index (χ3v) is 4.70. The van der Waals surface area contributed by atoms with Crippen molar-refractivity contribution >= 4 is 17.7 Å². The standard InChI is InChI=1S/C25H24N6O/c1-25(2,3)24-27-15-20(16-28-24)29-22(32)12-11-19-17-31(21-9-5-4-6-10-21)30-23(19)18-8-7-13-26-14-18/h4-17H,1-3H3,(H,29,32)/b12-11+. The second kappa shape index (κ2) is 8.93. The van der Waals surface area contributed by atoms with Crippen molar-refractivity contribution in [3.63, 3.8) is 0 Å². The number of pyridine rings is 1. The number of nitrogens with zero attached hydrogens (tertiary/aromatic N) is 5. The molecule has 1 N–H and O–H groups in total. The van der Waals surface area contributed by atoms with Crippen molar-refractivity contribution in [1.29, 1.82) is 0 Å². The van der Waals surface area contributed by atoms with Crippen LogP contribution in [0.15, 0.2) is 79.5 Å². The summed E-state index contributed by atoms with van der Waals surface area (Å²) in [5.41, 5.74) is 3.73. The normalized spacial score (nSPS) is 11.6. The highest BCUT2D eigenvalue weighted by Gasteiger charge is 2.17. The van der Waals surface area contributed by atoms with Crippen LogP contribution in [-0.4, -0.2) is 30.6 Å². The van der Waals surface area contributed by atoms with Crippen LogP contribution in [0.1, 0.15) is 32.2 Å². The molecule has 0 unspecified atom stereocenters. The molecule has 0 saturated carbocycles. The van der Waals surface area contributed by atoms with Gasteiger partial charge in [0.2, 0.25) is 5.91 Å². The first-order valence-electron chi connectivity index (χ1n) is 10.3. The molecule has 0 aliphatic heterocycles. The molecule has 0 bridgehead atoms. The number of benzene rings is 1. The van der Waals surface area contributed by atoms with Gasteiger partial charge in [-0.05, 0) is 30.3 Å². The van der Waals surface area contributed by atoms with Crippen molar-refractivity contribution < 1.29 is 4.79 Å². The molecule has 32 heavy (non-hydrogen) atoms. The van der Waals surface area contributed by atoms with Gasteiger partial charge in [-0.25, -0.2) is 14.6 Å². The quantitative estimate of drug-likeness (QED) is 0.471. The number of carbonyl (C=O) groups excluding carboxylic acids is 1. The molecule has 4 rings (SSSR count). The Morgan fingerprint density at radius 1 is 1.00 bits per heavy atom. The number of para-hydroxylation sites is 1. The number of anilines is 1. The Hall–Kier alpha value is -4.13. The first kappa shape index (κ1) is 21.1. The van der Waals surface area contributed by atoms with E-state index in [0.717, 1.165) is 28.3 Å². The van der Waals surface area contributed by atoms with Gasteiger partial charge in [-0.3, -0.25) is 9.78 Å². The third-order valence-electron chi connectivity index (χ3n) is 4.70. The molecule has 3 aromatic heterocycles. The lowest BCUT2D eigenvalue weighted by molar-refractivity contribution is -0.111. The van der Waals surface area contributed by atoms with Crippen LogP contribution in [0.2, 0.25) is 0 Å². The van der Waals surface area contributed by atoms with Crippen LogP contribution in [0.4, 0.5) is 5.69 Å². The molecule has 0 spiro atoms. The largest absolute Gasteiger partial charge is 0.320 e. The summed E-state index contributed by atoms with van der Waals surface area (Å²) in [4.78, 5) is 25.4. The van der Waals surface area contributed by atoms with Gasteiger partial charge in [0, 0.05) is 41.2 Å². The van der Waals surface area contributed by atoms with Gasteiger partial charge in [-0.1, -0.05) is 39.0 Å². The number of aromatic nitrogens is 5. The van der Waals surface area contributed by atoms with E-state index in [1.165, 1.54) is 6.08 Å². The van der Waals surface area contributed by atoms with Crippen LogP contribution in [0.3, 0.4) is 0 Å². The fourth-order valence-electron chi connectivity index (χ4n) is 3.08. The Kier molecular flexibility index (Phi) is 5.89. The van der Waals surface area contributed by atoms with E-state index < -0.39 is 0 Å². The highest BCUT2D eigenvalue weighted by atomic mass is 16.1. The van der Waals surface area contributed by atoms with Crippen molar-refractivity contribution in [2.75, 3.05) is 5.32 Å². The first-order chi connectivity index (χ1) is 15.4. The topological polar surface area (TPSA) is 85.6 Å². The number of rotatable bonds is 5. The smallest absolute Gasteiger partial charge is 0.248 e. The van der Waals surface area contributed by atoms with E-state index in [1.54, 1.807) is 35.5 Å². The molecule has 160 valence electrons. The summed E-state index contributed by atoms with van der Waals surface area (Å²) in [5.74, 6) is 0.446. The van der Waals surface area contributed by atoms with Gasteiger partial charge in [-0.15, -0.1) is 0 Å². The minimum Gasteiger partial charge on any atom is -0.320 e. The van der Waals surface area contributed by atoms with Gasteiger partial charge in [0.15, 0.2) is 0 Å². The zero-order valence-corrected chi connectivity index (χ0v) is 18.2. The predicted molar refractivity (Wildman–Crippen MR) is 125 cm³/mol. The Morgan fingerprint density at radius 3 is 2.41 bits per heavy atom. The maximum Gasteiger partial charge on any atom is 0.248 e. The fraction of sp³-hybridized carbons (Fsp3) is 0.160. The maximum atomic E-state index is 12.5. The maximum absolute atomic E-state index is 12.5. The zero-order chi connectivity index (χ0) is 22.6. The summed E-state index contributed by atoms with van der Waals surface area (Å²) in [7, 11) is 0. The number of carbonyl (C=O) groups is 1. The van der Waals surface area contributed by atoms with Gasteiger partial charge >= 0.3 is 0 Å². The summed E-state index contributed by atoms with van der Waals surface area (Å²) in [6, 6.07) is 13.6. The summed E-state index contributed by atoms with van der Waals surface area (Å²) in [6.45, 7) is 6.12. The minimum absolute atomic E-state index is 0.149. The summed E-state index contributed by atoms with van der Waals surface area (Å²) >= 11 is 0. The fourth-order valence-corrected chi connectivity index (χ4v) is 3.08. The summed E-state index contributed by atoms with van der Waals surface area (Å²) in [5, 5.41) is 7.52. The molecule has 7 heteroatoms. The number of hydrogen-bond acceptors (Lipinski definition) is 5. The summed E-state index contributed by atoms with van der Waals surface area (Å²) < 4.78 is 1.79. The van der Waals surface area contributed by atoms with E-state index >= 15 is 0 Å². The number of amides is 1. The van der Waals surface area contributed by atoms with Crippen LogP contribution in [0, 0.1) is 0 Å². The van der Waals surface area contributed by atoms with Crippen LogP contribution >= 0.6 is 0 Å². The molecule has 4 aromatic rings. The molecule has 1 aromatic carbocycles. The SMILES string of the molecule is CC(C)(C)c1ncc(NC(=O)/C=C/c2cn(-c3ccccc3)nc2-c2cccnc2)cn1. The van der Waals surface area contributed by atoms with E-state index in [1.807, 2.05) is 69.4 Å². The van der Waals surface area contributed by atoms with Crippen LogP contribution in [0.5, 0.6) is 0 Å². The van der Waals surface area contributed by atoms with Gasteiger partial charge in [0.1, 0.15) is 11.5 Å². The number of hydrogen-bond donors (Lipinski definition) is 1. The molecule has 0 aliphatic carbocycles. The predicted octanol–water partition coefficient (Wildman–Crippen LogP) is 4.67. The lowest BCUT2D eigenvalue weighted by Crippen LogP contribution is -2.16. The average molecular weight is 425 g/mol. The molecule has 1 amide bonds. The summed E-state index contributed by atoms with van der Waals surface area (Å²) in [6.07, 6.45) is 11.8. The Bertz CT molecular complexity index is 1220. The second-order valence-electron chi connectivity index (χ2n) is 8.32. The Balaban J connectivity index is 1.57. The van der Waals surface area contributed by atoms with E-state index in [4.69, 9.17) is 5.10 Å². The van der Waals surface area contributed by atoms with Crippen LogP contribution in [-0.2, 0) is 10.2 Å². The zero-order valence-electron chi connectivity index (χ0n) is 18.2. The Labute approximate surface area is 186 Å². The van der Waals surface area contributed by atoms with Gasteiger partial charge in [0.25, 0.3) is 0 Å². The molecule has 7 nitrogen and oxygen atoms in total. The molecule has 3 heterocycles. The third kappa shape index (κ3) is 4.95. The molecular formula is C25H24N6O. The van der Waals surface area contributed by atoms with Crippen LogP contribution < -0.4 is 5.32 Å². The van der Waals surface area contributed by atoms with Gasteiger partial charge in [0.05, 0.1) is 23.8 Å². The lowest BCUT2D eigenvalue weighted by Gasteiger charge is -2.15. The van der Waals surface area contributed by atoms with Gasteiger partial charge < -0.3 is 5.32 Å². The van der Waals surface area contributed by atoms with Crippen molar-refractivity contribution in [2.45, 2.75) is 26.2 Å². The van der Waals surface area contributed by atoms with E-state index in [9.17, 15) is 4.79 Å². The second-order valence-corrected chi connectivity index (χ2v) is 8.32. The molecular weight excluding hydrogens is 400 g/mol. The van der Waals surface area contributed by atoms with Crippen molar-refractivity contribution in [1.82, 2.24) is 24.7 Å². The van der Waals surface area contributed by atoms with Crippen molar-refractivity contribution in [2.24, 2.45) is 0 Å². The van der Waals surface area contributed by atoms with Crippen molar-refractivity contribution in [3.8, 4) is 16.9 Å². The first-order valence-corrected chi connectivity index (χ1v) is 10.3. The highest BCUT2D eigenvalue weighted by Crippen LogP contribution is 2.24. The van der Waals surface area contributed by atoms with Crippen molar-refractivity contribution in [3.05, 3.63) is 90.9 Å². The molecule has 0 fully saturated rings. The van der Waals surface area contributed by atoms with E-state index in [0.29, 0.717) is 5.69 Å². The molecule has 0 aliphatic rings. The van der Waals surface area contributed by atoms with Crippen LogP contribution in [0.25, 0.3) is 23.0 Å². The Morgan fingerprint density at radius 2 is 1.75 bits per heavy atom. The lowest BCUT2D eigenvalue weighted by atomic mass is 9.96. The molecule has 0 radical (unpaired) electrons. The molecule has 0 atom stereocenters. The average Bonchev–Trinajstić information content (AvgIpc) is 3.23. The van der Waals surface area contributed by atoms with E-state index in [-0.39, 0.29) is 11.3 Å². The minimum atomic E-state index is -0.276. The molecule has 0 saturated heterocycles. The van der Waals surface area contributed by atoms with E-state index in [2.05, 4.69) is 20.3 Å². The van der Waals surface area contributed by atoms with Gasteiger partial charge in [-0.2, -0.15) is 5.10 Å². The monoisotopic (exact) mass is 424 g/mol.